The van der Waals surface area contributed by atoms with Crippen molar-refractivity contribution in [1.82, 2.24) is 0 Å². The minimum Gasteiger partial charge on any atom is -0.462 e. The maximum atomic E-state index is 12.0. The molecular formula is C20H26O5. The minimum atomic E-state index is -0.303. The van der Waals surface area contributed by atoms with E-state index in [1.165, 1.54) is 0 Å². The van der Waals surface area contributed by atoms with Gasteiger partial charge in [-0.25, -0.2) is 9.59 Å². The smallest absolute Gasteiger partial charge is 0.334 e. The van der Waals surface area contributed by atoms with Gasteiger partial charge in [-0.15, -0.1) is 0 Å². The molecule has 2 saturated carbocycles. The molecular weight excluding hydrogens is 320 g/mol. The average Bonchev–Trinajstić information content (AvgIpc) is 3.11. The van der Waals surface area contributed by atoms with Gasteiger partial charge in [0, 0.05) is 28.9 Å². The van der Waals surface area contributed by atoms with Crippen LogP contribution in [-0.2, 0) is 23.9 Å². The van der Waals surface area contributed by atoms with Crippen LogP contribution in [0, 0.1) is 23.2 Å². The number of esters is 2. The third-order valence-electron chi connectivity index (χ3n) is 6.39. The lowest BCUT2D eigenvalue weighted by molar-refractivity contribution is -0.145. The highest BCUT2D eigenvalue weighted by Crippen LogP contribution is 2.70. The zero-order chi connectivity index (χ0) is 18.4. The van der Waals surface area contributed by atoms with Gasteiger partial charge in [0.2, 0.25) is 0 Å². The van der Waals surface area contributed by atoms with Gasteiger partial charge >= 0.3 is 11.9 Å². The second-order valence-electron chi connectivity index (χ2n) is 7.75. The molecule has 1 aliphatic heterocycles. The number of hydrogen-bond donors (Lipinski definition) is 0. The highest BCUT2D eigenvalue weighted by molar-refractivity contribution is 5.91. The number of ether oxygens (including phenoxy) is 2. The van der Waals surface area contributed by atoms with Crippen molar-refractivity contribution in [3.05, 3.63) is 23.8 Å². The highest BCUT2D eigenvalue weighted by Gasteiger charge is 2.69. The molecule has 2 aliphatic carbocycles. The number of ketones is 1. The minimum absolute atomic E-state index is 0.0703. The van der Waals surface area contributed by atoms with Crippen molar-refractivity contribution in [2.45, 2.75) is 52.6 Å². The van der Waals surface area contributed by atoms with Gasteiger partial charge in [-0.05, 0) is 51.9 Å². The number of allylic oxidation sites excluding steroid dienone is 1. The summed E-state index contributed by atoms with van der Waals surface area (Å²) in [5, 5.41) is 0. The lowest BCUT2D eigenvalue weighted by Gasteiger charge is -2.29. The van der Waals surface area contributed by atoms with E-state index in [4.69, 9.17) is 9.47 Å². The Kier molecular flexibility index (Phi) is 4.60. The van der Waals surface area contributed by atoms with E-state index in [1.807, 2.05) is 0 Å². The Morgan fingerprint density at radius 3 is 2.76 bits per heavy atom. The zero-order valence-corrected chi connectivity index (χ0v) is 15.2. The van der Waals surface area contributed by atoms with E-state index in [1.54, 1.807) is 26.8 Å². The van der Waals surface area contributed by atoms with E-state index in [9.17, 15) is 14.4 Å². The van der Waals surface area contributed by atoms with Gasteiger partial charge in [0.05, 0.1) is 6.61 Å². The maximum Gasteiger partial charge on any atom is 0.334 e. The number of rotatable bonds is 6. The molecule has 0 N–H and O–H groups in total. The van der Waals surface area contributed by atoms with Gasteiger partial charge in [0.25, 0.3) is 0 Å². The van der Waals surface area contributed by atoms with E-state index in [0.29, 0.717) is 42.4 Å². The molecule has 0 aromatic rings. The van der Waals surface area contributed by atoms with E-state index >= 15 is 0 Å². The molecule has 5 atom stereocenters. The third-order valence-corrected chi connectivity index (χ3v) is 6.39. The molecule has 0 radical (unpaired) electrons. The fourth-order valence-electron chi connectivity index (χ4n) is 4.72. The molecule has 5 nitrogen and oxygen atoms in total. The highest BCUT2D eigenvalue weighted by atomic mass is 16.6. The Hall–Kier alpha value is -1.91. The van der Waals surface area contributed by atoms with Crippen molar-refractivity contribution in [3.8, 4) is 0 Å². The molecule has 136 valence electrons. The molecule has 0 unspecified atom stereocenters. The number of hydrogen-bond acceptors (Lipinski definition) is 5. The molecule has 5 heteroatoms. The van der Waals surface area contributed by atoms with Crippen molar-refractivity contribution >= 4 is 17.7 Å². The lowest BCUT2D eigenvalue weighted by atomic mass is 9.78. The van der Waals surface area contributed by atoms with Crippen LogP contribution in [0.25, 0.3) is 0 Å². The molecule has 0 aromatic carbocycles. The number of Topliss-reactive ketones (excluding diaryl/α,β-unsaturated/α-hetero) is 1. The quantitative estimate of drug-likeness (QED) is 0.546. The predicted molar refractivity (Wildman–Crippen MR) is 91.5 cm³/mol. The molecule has 1 heterocycles. The van der Waals surface area contributed by atoms with Crippen molar-refractivity contribution in [3.63, 3.8) is 0 Å². The Bertz CT molecular complexity index is 661. The summed E-state index contributed by atoms with van der Waals surface area (Å²) in [6, 6.07) is 0. The summed E-state index contributed by atoms with van der Waals surface area (Å²) >= 11 is 0. The van der Waals surface area contributed by atoms with Crippen LogP contribution in [-0.4, -0.2) is 30.4 Å². The van der Waals surface area contributed by atoms with Crippen LogP contribution in [0.5, 0.6) is 0 Å². The largest absolute Gasteiger partial charge is 0.462 e. The van der Waals surface area contributed by atoms with Crippen molar-refractivity contribution in [2.24, 2.45) is 23.2 Å². The van der Waals surface area contributed by atoms with Crippen LogP contribution < -0.4 is 0 Å². The molecule has 3 fully saturated rings. The van der Waals surface area contributed by atoms with E-state index in [0.717, 1.165) is 12.8 Å². The van der Waals surface area contributed by atoms with Crippen LogP contribution >= 0.6 is 0 Å². The predicted octanol–water partition coefficient (Wildman–Crippen LogP) is 2.99. The summed E-state index contributed by atoms with van der Waals surface area (Å²) in [6.45, 7) is 9.35. The second kappa shape index (κ2) is 6.43. The van der Waals surface area contributed by atoms with Gasteiger partial charge in [-0.2, -0.15) is 0 Å². The normalized spacial score (nSPS) is 36.4. The molecule has 0 spiro atoms. The van der Waals surface area contributed by atoms with Crippen LogP contribution in [0.3, 0.4) is 0 Å². The SMILES string of the molecule is C=C1C(=O)O[C@@H]2C[C@]3(COC(=O)/C(C)=C\C)[C@@H](CCC(C)=O)[C@@H]3C[C@H]12. The number of carbonyl (C=O) groups excluding carboxylic acids is 3. The number of fused-ring (bicyclic) bond motifs is 2. The summed E-state index contributed by atoms with van der Waals surface area (Å²) < 4.78 is 11.1. The molecule has 3 aliphatic rings. The van der Waals surface area contributed by atoms with Crippen molar-refractivity contribution in [2.75, 3.05) is 6.61 Å². The summed E-state index contributed by atoms with van der Waals surface area (Å²) in [5.74, 6) is 0.346. The summed E-state index contributed by atoms with van der Waals surface area (Å²) in [6.07, 6.45) is 4.44. The van der Waals surface area contributed by atoms with E-state index in [2.05, 4.69) is 6.58 Å². The standard InChI is InChI=1S/C20H26O5/c1-5-11(2)18(22)24-10-20-9-17-14(13(4)19(23)25-17)8-16(20)15(20)7-6-12(3)21/h5,14-17H,4,6-10H2,1-3H3/b11-5-/t14-,15+,16+,17-,20+/m1/s1. The van der Waals surface area contributed by atoms with E-state index < -0.39 is 0 Å². The Morgan fingerprint density at radius 1 is 1.40 bits per heavy atom. The summed E-state index contributed by atoms with van der Waals surface area (Å²) in [5.41, 5.74) is 0.992. The Labute approximate surface area is 148 Å². The fourth-order valence-corrected chi connectivity index (χ4v) is 4.72. The second-order valence-corrected chi connectivity index (χ2v) is 7.75. The Balaban J connectivity index is 1.73. The van der Waals surface area contributed by atoms with Gasteiger partial charge in [-0.3, -0.25) is 0 Å². The third kappa shape index (κ3) is 3.05. The molecule has 25 heavy (non-hydrogen) atoms. The fraction of sp³-hybridized carbons (Fsp3) is 0.650. The van der Waals surface area contributed by atoms with Crippen LogP contribution in [0.15, 0.2) is 23.8 Å². The van der Waals surface area contributed by atoms with Gasteiger partial charge in [0.1, 0.15) is 11.9 Å². The molecule has 0 amide bonds. The number of carbonyl (C=O) groups is 3. The van der Waals surface area contributed by atoms with Crippen LogP contribution in [0.1, 0.15) is 46.5 Å². The summed E-state index contributed by atoms with van der Waals surface area (Å²) in [7, 11) is 0. The van der Waals surface area contributed by atoms with Gasteiger partial charge in [0.15, 0.2) is 0 Å². The molecule has 1 saturated heterocycles. The summed E-state index contributed by atoms with van der Waals surface area (Å²) in [4.78, 5) is 35.2. The topological polar surface area (TPSA) is 69.7 Å². The first-order valence-corrected chi connectivity index (χ1v) is 8.99. The van der Waals surface area contributed by atoms with Gasteiger partial charge < -0.3 is 14.3 Å². The lowest BCUT2D eigenvalue weighted by Crippen LogP contribution is -2.32. The molecule has 0 aromatic heterocycles. The first-order valence-electron chi connectivity index (χ1n) is 8.99. The maximum absolute atomic E-state index is 12.0. The first kappa shape index (κ1) is 17.9. The zero-order valence-electron chi connectivity index (χ0n) is 15.2. The monoisotopic (exact) mass is 346 g/mol. The van der Waals surface area contributed by atoms with E-state index in [-0.39, 0.29) is 35.2 Å². The van der Waals surface area contributed by atoms with Gasteiger partial charge in [-0.1, -0.05) is 12.7 Å². The van der Waals surface area contributed by atoms with Crippen LogP contribution in [0.4, 0.5) is 0 Å². The van der Waals surface area contributed by atoms with Crippen molar-refractivity contribution in [1.29, 1.82) is 0 Å². The molecule has 0 bridgehead atoms. The Morgan fingerprint density at radius 2 is 2.12 bits per heavy atom. The average molecular weight is 346 g/mol. The van der Waals surface area contributed by atoms with Crippen molar-refractivity contribution < 1.29 is 23.9 Å². The van der Waals surface area contributed by atoms with Crippen LogP contribution in [0.2, 0.25) is 0 Å². The molecule has 3 rings (SSSR count). The first-order chi connectivity index (χ1) is 11.8.